The lowest BCUT2D eigenvalue weighted by atomic mass is 10.2. The zero-order chi connectivity index (χ0) is 13.1. The summed E-state index contributed by atoms with van der Waals surface area (Å²) in [5, 5.41) is 11.3. The Hall–Kier alpha value is -1.17. The summed E-state index contributed by atoms with van der Waals surface area (Å²) in [5.74, 6) is 0. The minimum Gasteiger partial charge on any atom is -0.372 e. The van der Waals surface area contributed by atoms with Crippen molar-refractivity contribution in [2.75, 3.05) is 0 Å². The molecule has 2 N–H and O–H groups in total. The fourth-order valence-electron chi connectivity index (χ4n) is 2.21. The van der Waals surface area contributed by atoms with Gasteiger partial charge in [-0.3, -0.25) is 10.1 Å². The smallest absolute Gasteiger partial charge is 0.275 e. The molecule has 0 amide bonds. The van der Waals surface area contributed by atoms with Gasteiger partial charge in [-0.25, -0.2) is 0 Å². The van der Waals surface area contributed by atoms with Gasteiger partial charge >= 0.3 is 0 Å². The van der Waals surface area contributed by atoms with E-state index in [9.17, 15) is 10.1 Å². The van der Waals surface area contributed by atoms with Crippen LogP contribution in [0.1, 0.15) is 24.8 Å². The summed E-state index contributed by atoms with van der Waals surface area (Å²) in [6.45, 7) is 0.176. The highest BCUT2D eigenvalue weighted by Crippen LogP contribution is 2.26. The minimum absolute atomic E-state index is 0.0106. The molecule has 5 nitrogen and oxygen atoms in total. The van der Waals surface area contributed by atoms with Crippen molar-refractivity contribution in [1.82, 2.24) is 0 Å². The van der Waals surface area contributed by atoms with Crippen LogP contribution >= 0.6 is 11.6 Å². The second kappa shape index (κ2) is 5.65. The first-order chi connectivity index (χ1) is 8.58. The summed E-state index contributed by atoms with van der Waals surface area (Å²) in [6, 6.07) is 4.50. The van der Waals surface area contributed by atoms with Gasteiger partial charge in [-0.1, -0.05) is 11.6 Å². The Balaban J connectivity index is 2.08. The number of nitrogens with zero attached hydrogens (tertiary/aromatic N) is 1. The Bertz CT molecular complexity index is 453. The predicted molar refractivity (Wildman–Crippen MR) is 68.5 cm³/mol. The molecular weight excluding hydrogens is 256 g/mol. The zero-order valence-corrected chi connectivity index (χ0v) is 10.6. The Morgan fingerprint density at radius 1 is 1.50 bits per heavy atom. The highest BCUT2D eigenvalue weighted by molar-refractivity contribution is 6.30. The molecule has 0 radical (unpaired) electrons. The number of rotatable bonds is 4. The SMILES string of the molecule is NC1CCCC1OCc1cc(Cl)ccc1[N+](=O)[O-]. The molecule has 18 heavy (non-hydrogen) atoms. The van der Waals surface area contributed by atoms with Crippen molar-refractivity contribution >= 4 is 17.3 Å². The Kier molecular flexibility index (Phi) is 4.16. The van der Waals surface area contributed by atoms with Crippen molar-refractivity contribution in [2.24, 2.45) is 5.73 Å². The first-order valence-electron chi connectivity index (χ1n) is 5.88. The maximum Gasteiger partial charge on any atom is 0.275 e. The molecule has 0 saturated heterocycles. The van der Waals surface area contributed by atoms with E-state index in [1.165, 1.54) is 12.1 Å². The molecule has 1 saturated carbocycles. The summed E-state index contributed by atoms with van der Waals surface area (Å²) < 4.78 is 5.66. The normalized spacial score (nSPS) is 23.2. The van der Waals surface area contributed by atoms with Gasteiger partial charge in [0, 0.05) is 17.1 Å². The third kappa shape index (κ3) is 2.98. The van der Waals surface area contributed by atoms with E-state index >= 15 is 0 Å². The van der Waals surface area contributed by atoms with Crippen molar-refractivity contribution < 1.29 is 9.66 Å². The Morgan fingerprint density at radius 2 is 2.28 bits per heavy atom. The fourth-order valence-corrected chi connectivity index (χ4v) is 2.40. The molecule has 1 aromatic rings. The van der Waals surface area contributed by atoms with Crippen LogP contribution in [0.5, 0.6) is 0 Å². The maximum absolute atomic E-state index is 10.9. The van der Waals surface area contributed by atoms with Crippen LogP contribution in [0.15, 0.2) is 18.2 Å². The van der Waals surface area contributed by atoms with Gasteiger partial charge < -0.3 is 10.5 Å². The van der Waals surface area contributed by atoms with Crippen LogP contribution < -0.4 is 5.73 Å². The van der Waals surface area contributed by atoms with E-state index in [2.05, 4.69) is 0 Å². The van der Waals surface area contributed by atoms with E-state index in [0.717, 1.165) is 19.3 Å². The molecule has 0 bridgehead atoms. The van der Waals surface area contributed by atoms with Gasteiger partial charge in [-0.15, -0.1) is 0 Å². The molecule has 2 rings (SSSR count). The quantitative estimate of drug-likeness (QED) is 0.674. The molecule has 1 aliphatic carbocycles. The lowest BCUT2D eigenvalue weighted by Gasteiger charge is -2.16. The van der Waals surface area contributed by atoms with Crippen LogP contribution in [-0.2, 0) is 11.3 Å². The molecular formula is C12H15ClN2O3. The van der Waals surface area contributed by atoms with Gasteiger partial charge in [0.1, 0.15) is 0 Å². The second-order valence-electron chi connectivity index (χ2n) is 4.47. The van der Waals surface area contributed by atoms with Gasteiger partial charge in [-0.05, 0) is 31.4 Å². The number of benzene rings is 1. The van der Waals surface area contributed by atoms with Crippen molar-refractivity contribution in [3.05, 3.63) is 38.9 Å². The second-order valence-corrected chi connectivity index (χ2v) is 4.91. The van der Waals surface area contributed by atoms with E-state index in [1.807, 2.05) is 0 Å². The van der Waals surface area contributed by atoms with E-state index in [1.54, 1.807) is 6.07 Å². The highest BCUT2D eigenvalue weighted by Gasteiger charge is 2.25. The number of nitro benzene ring substituents is 1. The van der Waals surface area contributed by atoms with Gasteiger partial charge in [0.15, 0.2) is 0 Å². The van der Waals surface area contributed by atoms with Crippen LogP contribution in [0.25, 0.3) is 0 Å². The van der Waals surface area contributed by atoms with Gasteiger partial charge in [0.05, 0.1) is 23.2 Å². The van der Waals surface area contributed by atoms with E-state index in [0.29, 0.717) is 10.6 Å². The van der Waals surface area contributed by atoms with E-state index in [-0.39, 0.29) is 24.4 Å². The first-order valence-corrected chi connectivity index (χ1v) is 6.25. The van der Waals surface area contributed by atoms with Crippen molar-refractivity contribution in [1.29, 1.82) is 0 Å². The number of ether oxygens (including phenoxy) is 1. The molecule has 2 unspecified atom stereocenters. The standard InChI is InChI=1S/C12H15ClN2O3/c13-9-4-5-11(15(16)17)8(6-9)7-18-12-3-1-2-10(12)14/h4-6,10,12H,1-3,7,14H2. The third-order valence-electron chi connectivity index (χ3n) is 3.19. The lowest BCUT2D eigenvalue weighted by Crippen LogP contribution is -2.31. The predicted octanol–water partition coefficient (Wildman–Crippen LogP) is 2.64. The molecule has 1 aliphatic rings. The van der Waals surface area contributed by atoms with Gasteiger partial charge in [0.2, 0.25) is 0 Å². The van der Waals surface area contributed by atoms with Crippen LogP contribution in [0.2, 0.25) is 5.02 Å². The molecule has 6 heteroatoms. The van der Waals surface area contributed by atoms with Crippen LogP contribution in [0.3, 0.4) is 0 Å². The number of nitro groups is 1. The Morgan fingerprint density at radius 3 is 2.89 bits per heavy atom. The van der Waals surface area contributed by atoms with Crippen LogP contribution in [0, 0.1) is 10.1 Å². The molecule has 0 aromatic heterocycles. The summed E-state index contributed by atoms with van der Waals surface area (Å²) in [5.41, 5.74) is 6.41. The molecule has 0 aliphatic heterocycles. The van der Waals surface area contributed by atoms with E-state index in [4.69, 9.17) is 22.1 Å². The summed E-state index contributed by atoms with van der Waals surface area (Å²) in [4.78, 5) is 10.4. The van der Waals surface area contributed by atoms with Gasteiger partial charge in [0.25, 0.3) is 5.69 Å². The molecule has 2 atom stereocenters. The molecule has 98 valence electrons. The molecule has 0 spiro atoms. The summed E-state index contributed by atoms with van der Waals surface area (Å²) >= 11 is 5.84. The lowest BCUT2D eigenvalue weighted by molar-refractivity contribution is -0.386. The fraction of sp³-hybridized carbons (Fsp3) is 0.500. The number of hydrogen-bond donors (Lipinski definition) is 1. The first kappa shape index (κ1) is 13.3. The molecule has 1 fully saturated rings. The van der Waals surface area contributed by atoms with Gasteiger partial charge in [-0.2, -0.15) is 0 Å². The topological polar surface area (TPSA) is 78.4 Å². The van der Waals surface area contributed by atoms with E-state index < -0.39 is 4.92 Å². The molecule has 0 heterocycles. The number of nitrogens with two attached hydrogens (primary N) is 1. The third-order valence-corrected chi connectivity index (χ3v) is 3.43. The average Bonchev–Trinajstić information content (AvgIpc) is 2.72. The maximum atomic E-state index is 10.9. The van der Waals surface area contributed by atoms with Crippen molar-refractivity contribution in [2.45, 2.75) is 38.0 Å². The van der Waals surface area contributed by atoms with Crippen molar-refractivity contribution in [3.8, 4) is 0 Å². The van der Waals surface area contributed by atoms with Crippen LogP contribution in [-0.4, -0.2) is 17.1 Å². The number of halogens is 1. The average molecular weight is 271 g/mol. The monoisotopic (exact) mass is 270 g/mol. The summed E-state index contributed by atoms with van der Waals surface area (Å²) in [6.07, 6.45) is 2.89. The van der Waals surface area contributed by atoms with Crippen molar-refractivity contribution in [3.63, 3.8) is 0 Å². The minimum atomic E-state index is -0.427. The van der Waals surface area contributed by atoms with Crippen LogP contribution in [0.4, 0.5) is 5.69 Å². The summed E-state index contributed by atoms with van der Waals surface area (Å²) in [7, 11) is 0. The highest BCUT2D eigenvalue weighted by atomic mass is 35.5. The number of hydrogen-bond acceptors (Lipinski definition) is 4. The molecule has 1 aromatic carbocycles. The zero-order valence-electron chi connectivity index (χ0n) is 9.84. The Labute approximate surface area is 110 Å². The largest absolute Gasteiger partial charge is 0.372 e.